The second-order valence-electron chi connectivity index (χ2n) is 8.74. The average molecular weight is 440 g/mol. The number of anilines is 1. The van der Waals surface area contributed by atoms with Gasteiger partial charge in [-0.25, -0.2) is 9.78 Å². The Bertz CT molecular complexity index is 1200. The van der Waals surface area contributed by atoms with E-state index in [1.54, 1.807) is 40.0 Å². The molecular weight excluding hydrogens is 414 g/mol. The Labute approximate surface area is 184 Å². The highest BCUT2D eigenvalue weighted by atomic mass is 32.1. The van der Waals surface area contributed by atoms with Crippen molar-refractivity contribution in [2.45, 2.75) is 53.1 Å². The summed E-state index contributed by atoms with van der Waals surface area (Å²) in [6.07, 6.45) is 4.11. The van der Waals surface area contributed by atoms with Crippen LogP contribution in [0.4, 0.5) is 5.69 Å². The van der Waals surface area contributed by atoms with Crippen molar-refractivity contribution < 1.29 is 14.3 Å². The number of carbonyl (C=O) groups is 2. The number of esters is 1. The molecule has 4 rings (SSSR count). The number of carbonyl (C=O) groups excluding carboxylic acids is 2. The molecule has 0 atom stereocenters. The fraction of sp³-hybridized carbons (Fsp3) is 0.391. The summed E-state index contributed by atoms with van der Waals surface area (Å²) < 4.78 is 7.05. The van der Waals surface area contributed by atoms with Crippen LogP contribution in [-0.2, 0) is 29.0 Å². The van der Waals surface area contributed by atoms with E-state index >= 15 is 0 Å². The Balaban J connectivity index is 1.43. The zero-order chi connectivity index (χ0) is 22.2. The summed E-state index contributed by atoms with van der Waals surface area (Å²) in [4.78, 5) is 43.5. The van der Waals surface area contributed by atoms with Crippen LogP contribution in [-0.4, -0.2) is 21.3 Å². The van der Waals surface area contributed by atoms with Gasteiger partial charge in [-0.3, -0.25) is 14.0 Å². The quantitative estimate of drug-likeness (QED) is 0.621. The molecular formula is C23H25N3O4S. The number of nitrogens with one attached hydrogen (secondary N) is 1. The van der Waals surface area contributed by atoms with Crippen LogP contribution in [0.2, 0.25) is 0 Å². The van der Waals surface area contributed by atoms with Crippen LogP contribution in [0.3, 0.4) is 0 Å². The van der Waals surface area contributed by atoms with Gasteiger partial charge in [0.1, 0.15) is 6.61 Å². The molecule has 31 heavy (non-hydrogen) atoms. The molecule has 1 aliphatic carbocycles. The predicted octanol–water partition coefficient (Wildman–Crippen LogP) is 3.98. The Morgan fingerprint density at radius 2 is 1.87 bits per heavy atom. The largest absolute Gasteiger partial charge is 0.456 e. The van der Waals surface area contributed by atoms with Gasteiger partial charge in [0.25, 0.3) is 5.56 Å². The maximum Gasteiger partial charge on any atom is 0.338 e. The van der Waals surface area contributed by atoms with Crippen LogP contribution in [0.5, 0.6) is 0 Å². The van der Waals surface area contributed by atoms with Gasteiger partial charge >= 0.3 is 5.97 Å². The van der Waals surface area contributed by atoms with E-state index in [-0.39, 0.29) is 18.1 Å². The van der Waals surface area contributed by atoms with Gasteiger partial charge in [0, 0.05) is 27.7 Å². The van der Waals surface area contributed by atoms with Gasteiger partial charge < -0.3 is 10.1 Å². The number of thiazole rings is 1. The molecule has 2 heterocycles. The van der Waals surface area contributed by atoms with Crippen LogP contribution in [0, 0.1) is 5.41 Å². The molecule has 7 nitrogen and oxygen atoms in total. The van der Waals surface area contributed by atoms with E-state index in [1.807, 2.05) is 20.8 Å². The van der Waals surface area contributed by atoms with Gasteiger partial charge in [-0.2, -0.15) is 0 Å². The Kier molecular flexibility index (Phi) is 5.66. The summed E-state index contributed by atoms with van der Waals surface area (Å²) in [7, 11) is 0. The predicted molar refractivity (Wildman–Crippen MR) is 120 cm³/mol. The number of benzene rings is 1. The average Bonchev–Trinajstić information content (AvgIpc) is 3.10. The van der Waals surface area contributed by atoms with Gasteiger partial charge in [0.2, 0.25) is 5.91 Å². The van der Waals surface area contributed by atoms with Gasteiger partial charge in [-0.15, -0.1) is 11.3 Å². The van der Waals surface area contributed by atoms with E-state index in [4.69, 9.17) is 4.74 Å². The molecule has 1 amide bonds. The Hall–Kier alpha value is -3.00. The zero-order valence-corrected chi connectivity index (χ0v) is 18.7. The third kappa shape index (κ3) is 4.54. The molecule has 0 saturated heterocycles. The van der Waals surface area contributed by atoms with E-state index in [0.29, 0.717) is 21.9 Å². The van der Waals surface area contributed by atoms with Crippen molar-refractivity contribution in [3.63, 3.8) is 0 Å². The van der Waals surface area contributed by atoms with Gasteiger partial charge in [-0.1, -0.05) is 20.8 Å². The first-order valence-corrected chi connectivity index (χ1v) is 11.2. The molecule has 2 aromatic heterocycles. The number of ether oxygens (including phenoxy) is 1. The third-order valence-electron chi connectivity index (χ3n) is 5.23. The van der Waals surface area contributed by atoms with Crippen LogP contribution in [0.25, 0.3) is 4.96 Å². The molecule has 1 N–H and O–H groups in total. The monoisotopic (exact) mass is 439 g/mol. The third-order valence-corrected chi connectivity index (χ3v) is 6.37. The number of aromatic nitrogens is 2. The van der Waals surface area contributed by atoms with Crippen LogP contribution < -0.4 is 10.9 Å². The molecule has 0 bridgehead atoms. The van der Waals surface area contributed by atoms with Crippen molar-refractivity contribution in [2.24, 2.45) is 5.41 Å². The molecule has 0 spiro atoms. The first-order valence-electron chi connectivity index (χ1n) is 10.3. The molecule has 0 aliphatic heterocycles. The number of nitrogens with zero attached hydrogens (tertiary/aromatic N) is 2. The number of aryl methyl sites for hydroxylation is 2. The van der Waals surface area contributed by atoms with Crippen LogP contribution in [0.15, 0.2) is 35.1 Å². The highest BCUT2D eigenvalue weighted by Gasteiger charge is 2.21. The molecule has 0 saturated carbocycles. The topological polar surface area (TPSA) is 89.8 Å². The van der Waals surface area contributed by atoms with Crippen LogP contribution >= 0.6 is 11.3 Å². The van der Waals surface area contributed by atoms with Gasteiger partial charge in [0.05, 0.1) is 11.3 Å². The minimum Gasteiger partial charge on any atom is -0.456 e. The van der Waals surface area contributed by atoms with E-state index in [2.05, 4.69) is 10.3 Å². The standard InChI is InChI=1S/C23H25N3O4S/c1-23(2,3)21(29)24-15-10-8-14(9-11-15)20(28)30-13-16-12-19(27)26-17-6-4-5-7-18(17)31-22(26)25-16/h8-12H,4-7,13H2,1-3H3,(H,24,29). The van der Waals surface area contributed by atoms with Gasteiger partial charge in [0.15, 0.2) is 4.96 Å². The lowest BCUT2D eigenvalue weighted by Crippen LogP contribution is -2.27. The first-order chi connectivity index (χ1) is 14.7. The lowest BCUT2D eigenvalue weighted by atomic mass is 9.95. The van der Waals surface area contributed by atoms with E-state index in [9.17, 15) is 14.4 Å². The molecule has 3 aromatic rings. The summed E-state index contributed by atoms with van der Waals surface area (Å²) in [5, 5.41) is 2.81. The summed E-state index contributed by atoms with van der Waals surface area (Å²) in [5.41, 5.74) is 1.84. The molecule has 0 unspecified atom stereocenters. The van der Waals surface area contributed by atoms with E-state index in [0.717, 1.165) is 31.4 Å². The summed E-state index contributed by atoms with van der Waals surface area (Å²) in [6, 6.07) is 7.95. The molecule has 0 radical (unpaired) electrons. The van der Waals surface area contributed by atoms with Gasteiger partial charge in [-0.05, 0) is 49.9 Å². The normalized spacial score (nSPS) is 13.6. The fourth-order valence-corrected chi connectivity index (χ4v) is 4.68. The summed E-state index contributed by atoms with van der Waals surface area (Å²) in [5.74, 6) is -0.619. The van der Waals surface area contributed by atoms with Crippen molar-refractivity contribution in [1.29, 1.82) is 0 Å². The fourth-order valence-electron chi connectivity index (χ4n) is 3.45. The van der Waals surface area contributed by atoms with Crippen molar-refractivity contribution in [2.75, 3.05) is 5.32 Å². The maximum absolute atomic E-state index is 12.6. The molecule has 1 aromatic carbocycles. The lowest BCUT2D eigenvalue weighted by Gasteiger charge is -2.17. The second-order valence-corrected chi connectivity index (χ2v) is 9.80. The second kappa shape index (κ2) is 8.26. The number of hydrogen-bond donors (Lipinski definition) is 1. The van der Waals surface area contributed by atoms with E-state index < -0.39 is 11.4 Å². The smallest absolute Gasteiger partial charge is 0.338 e. The number of fused-ring (bicyclic) bond motifs is 3. The Morgan fingerprint density at radius 1 is 1.16 bits per heavy atom. The van der Waals surface area contributed by atoms with Crippen molar-refractivity contribution in [1.82, 2.24) is 9.38 Å². The van der Waals surface area contributed by atoms with Crippen molar-refractivity contribution in [3.8, 4) is 0 Å². The molecule has 8 heteroatoms. The number of hydrogen-bond acceptors (Lipinski definition) is 6. The van der Waals surface area contributed by atoms with Crippen molar-refractivity contribution in [3.05, 3.63) is 62.5 Å². The first kappa shape index (κ1) is 21.2. The van der Waals surface area contributed by atoms with E-state index in [1.165, 1.54) is 10.9 Å². The zero-order valence-electron chi connectivity index (χ0n) is 17.9. The minimum absolute atomic E-state index is 0.0738. The molecule has 0 fully saturated rings. The number of amides is 1. The molecule has 162 valence electrons. The lowest BCUT2D eigenvalue weighted by molar-refractivity contribution is -0.123. The number of rotatable bonds is 4. The Morgan fingerprint density at radius 3 is 2.58 bits per heavy atom. The maximum atomic E-state index is 12.6. The summed E-state index contributed by atoms with van der Waals surface area (Å²) in [6.45, 7) is 5.42. The SMILES string of the molecule is CC(C)(C)C(=O)Nc1ccc(C(=O)OCc2cc(=O)n3c4c(sc3n2)CCCC4)cc1. The summed E-state index contributed by atoms with van der Waals surface area (Å²) >= 11 is 1.54. The van der Waals surface area contributed by atoms with Crippen LogP contribution in [0.1, 0.15) is 60.2 Å². The van der Waals surface area contributed by atoms with Crippen molar-refractivity contribution >= 4 is 33.9 Å². The highest BCUT2D eigenvalue weighted by Crippen LogP contribution is 2.28. The molecule has 1 aliphatic rings. The minimum atomic E-state index is -0.513. The highest BCUT2D eigenvalue weighted by molar-refractivity contribution is 7.17.